The zero-order chi connectivity index (χ0) is 25.5. The van der Waals surface area contributed by atoms with Gasteiger partial charge in [0.2, 0.25) is 11.8 Å². The number of rotatable bonds is 7. The molecule has 2 aromatic rings. The van der Waals surface area contributed by atoms with Crippen molar-refractivity contribution in [3.63, 3.8) is 0 Å². The lowest BCUT2D eigenvalue weighted by Gasteiger charge is -2.31. The summed E-state index contributed by atoms with van der Waals surface area (Å²) in [4.78, 5) is 49.6. The molecule has 0 aromatic heterocycles. The summed E-state index contributed by atoms with van der Waals surface area (Å²) in [6, 6.07) is 14.7. The number of allylic oxidation sites excluding steroid dienone is 1. The SMILES string of the molecule is COC(=O)c1ccc([C@H]2C(C#N)=C(SCC(=O)Nc3cccc(Cl)c3)NC(=O)[C@@H]2C(=O)OC)cc1. The fourth-order valence-corrected chi connectivity index (χ4v) is 4.56. The second-order valence-corrected chi connectivity index (χ2v) is 8.71. The number of hydrogen-bond donors (Lipinski definition) is 2. The van der Waals surface area contributed by atoms with Crippen LogP contribution in [-0.2, 0) is 23.9 Å². The van der Waals surface area contributed by atoms with Gasteiger partial charge in [0.15, 0.2) is 0 Å². The summed E-state index contributed by atoms with van der Waals surface area (Å²) in [5, 5.41) is 15.8. The van der Waals surface area contributed by atoms with Gasteiger partial charge in [-0.2, -0.15) is 5.26 Å². The van der Waals surface area contributed by atoms with Crippen LogP contribution >= 0.6 is 23.4 Å². The molecule has 0 fully saturated rings. The number of carbonyl (C=O) groups excluding carboxylic acids is 4. The number of methoxy groups -OCH3 is 2. The Morgan fingerprint density at radius 2 is 1.86 bits per heavy atom. The van der Waals surface area contributed by atoms with Gasteiger partial charge in [-0.25, -0.2) is 4.79 Å². The lowest BCUT2D eigenvalue weighted by Crippen LogP contribution is -2.44. The van der Waals surface area contributed by atoms with Crippen molar-refractivity contribution in [1.29, 1.82) is 5.26 Å². The Balaban J connectivity index is 1.91. The molecule has 1 aliphatic heterocycles. The van der Waals surface area contributed by atoms with E-state index >= 15 is 0 Å². The number of anilines is 1. The summed E-state index contributed by atoms with van der Waals surface area (Å²) in [7, 11) is 2.39. The van der Waals surface area contributed by atoms with Crippen LogP contribution < -0.4 is 10.6 Å². The average molecular weight is 514 g/mol. The summed E-state index contributed by atoms with van der Waals surface area (Å²) in [5.74, 6) is -4.86. The first-order valence-electron chi connectivity index (χ1n) is 10.2. The van der Waals surface area contributed by atoms with Crippen molar-refractivity contribution in [2.24, 2.45) is 5.92 Å². The normalized spacial score (nSPS) is 17.1. The molecule has 1 aliphatic rings. The van der Waals surface area contributed by atoms with E-state index in [1.807, 2.05) is 0 Å². The van der Waals surface area contributed by atoms with Crippen molar-refractivity contribution in [2.75, 3.05) is 25.3 Å². The van der Waals surface area contributed by atoms with Crippen LogP contribution in [-0.4, -0.2) is 43.7 Å². The van der Waals surface area contributed by atoms with Gasteiger partial charge in [0.25, 0.3) is 0 Å². The first-order valence-corrected chi connectivity index (χ1v) is 11.5. The molecule has 0 saturated carbocycles. The third-order valence-electron chi connectivity index (χ3n) is 5.13. The topological polar surface area (TPSA) is 135 Å². The molecule has 0 bridgehead atoms. The van der Waals surface area contributed by atoms with Crippen molar-refractivity contribution >= 4 is 52.8 Å². The van der Waals surface area contributed by atoms with Gasteiger partial charge in [-0.05, 0) is 35.9 Å². The van der Waals surface area contributed by atoms with E-state index in [0.717, 1.165) is 18.9 Å². The molecular weight excluding hydrogens is 494 g/mol. The van der Waals surface area contributed by atoms with Crippen LogP contribution in [0.25, 0.3) is 0 Å². The third kappa shape index (κ3) is 6.01. The zero-order valence-electron chi connectivity index (χ0n) is 18.7. The van der Waals surface area contributed by atoms with Crippen LogP contribution in [0.5, 0.6) is 0 Å². The van der Waals surface area contributed by atoms with Crippen molar-refractivity contribution in [3.8, 4) is 6.07 Å². The minimum absolute atomic E-state index is 0.0892. The number of nitriles is 1. The smallest absolute Gasteiger partial charge is 0.337 e. The lowest BCUT2D eigenvalue weighted by atomic mass is 9.78. The van der Waals surface area contributed by atoms with E-state index in [1.54, 1.807) is 24.3 Å². The molecule has 35 heavy (non-hydrogen) atoms. The molecule has 2 N–H and O–H groups in total. The van der Waals surface area contributed by atoms with Crippen LogP contribution in [0.1, 0.15) is 21.8 Å². The van der Waals surface area contributed by atoms with E-state index in [2.05, 4.69) is 16.7 Å². The van der Waals surface area contributed by atoms with Gasteiger partial charge in [-0.3, -0.25) is 14.4 Å². The molecule has 3 rings (SSSR count). The number of esters is 2. The fraction of sp³-hybridized carbons (Fsp3) is 0.208. The van der Waals surface area contributed by atoms with Crippen LogP contribution in [0, 0.1) is 17.2 Å². The van der Waals surface area contributed by atoms with Gasteiger partial charge in [-0.15, -0.1) is 0 Å². The third-order valence-corrected chi connectivity index (χ3v) is 6.38. The molecule has 2 aromatic carbocycles. The number of halogens is 1. The maximum atomic E-state index is 12.9. The van der Waals surface area contributed by atoms with E-state index in [4.69, 9.17) is 21.1 Å². The Morgan fingerprint density at radius 3 is 2.46 bits per heavy atom. The van der Waals surface area contributed by atoms with Gasteiger partial charge in [0, 0.05) is 16.6 Å². The summed E-state index contributed by atoms with van der Waals surface area (Å²) >= 11 is 6.88. The lowest BCUT2D eigenvalue weighted by molar-refractivity contribution is -0.150. The molecule has 1 heterocycles. The highest BCUT2D eigenvalue weighted by atomic mass is 35.5. The largest absolute Gasteiger partial charge is 0.468 e. The number of carbonyl (C=O) groups is 4. The van der Waals surface area contributed by atoms with Gasteiger partial charge >= 0.3 is 11.9 Å². The minimum Gasteiger partial charge on any atom is -0.468 e. The van der Waals surface area contributed by atoms with Crippen LogP contribution in [0.15, 0.2) is 59.1 Å². The molecule has 9 nitrogen and oxygen atoms in total. The first kappa shape index (κ1) is 25.8. The molecule has 0 saturated heterocycles. The van der Waals surface area contributed by atoms with Crippen molar-refractivity contribution in [1.82, 2.24) is 5.32 Å². The second-order valence-electron chi connectivity index (χ2n) is 7.28. The molecule has 180 valence electrons. The zero-order valence-corrected chi connectivity index (χ0v) is 20.2. The highest BCUT2D eigenvalue weighted by molar-refractivity contribution is 8.03. The summed E-state index contributed by atoms with van der Waals surface area (Å²) < 4.78 is 9.50. The number of amides is 2. The predicted molar refractivity (Wildman–Crippen MR) is 129 cm³/mol. The Labute approximate surface area is 210 Å². The summed E-state index contributed by atoms with van der Waals surface area (Å²) in [5.41, 5.74) is 1.30. The van der Waals surface area contributed by atoms with Gasteiger partial charge in [-0.1, -0.05) is 41.6 Å². The Bertz CT molecular complexity index is 1240. The summed E-state index contributed by atoms with van der Waals surface area (Å²) in [6.45, 7) is 0. The van der Waals surface area contributed by atoms with Crippen LogP contribution in [0.2, 0.25) is 5.02 Å². The van der Waals surface area contributed by atoms with E-state index in [-0.39, 0.29) is 27.8 Å². The molecular formula is C24H20ClN3O6S. The monoisotopic (exact) mass is 513 g/mol. The predicted octanol–water partition coefficient (Wildman–Crippen LogP) is 3.24. The molecule has 2 atom stereocenters. The van der Waals surface area contributed by atoms with E-state index in [0.29, 0.717) is 16.3 Å². The molecule has 0 radical (unpaired) electrons. The highest BCUT2D eigenvalue weighted by Crippen LogP contribution is 2.40. The first-order chi connectivity index (χ1) is 16.8. The maximum absolute atomic E-state index is 12.9. The molecule has 0 spiro atoms. The van der Waals surface area contributed by atoms with E-state index in [1.165, 1.54) is 31.4 Å². The number of ether oxygens (including phenoxy) is 2. The van der Waals surface area contributed by atoms with E-state index in [9.17, 15) is 24.4 Å². The van der Waals surface area contributed by atoms with Crippen molar-refractivity contribution in [2.45, 2.75) is 5.92 Å². The molecule has 11 heteroatoms. The van der Waals surface area contributed by atoms with Crippen LogP contribution in [0.4, 0.5) is 5.69 Å². The van der Waals surface area contributed by atoms with Gasteiger partial charge in [0.1, 0.15) is 5.92 Å². The quantitative estimate of drug-likeness (QED) is 0.425. The maximum Gasteiger partial charge on any atom is 0.337 e. The Hall–Kier alpha value is -3.81. The van der Waals surface area contributed by atoms with Gasteiger partial charge < -0.3 is 20.1 Å². The van der Waals surface area contributed by atoms with Crippen LogP contribution in [0.3, 0.4) is 0 Å². The van der Waals surface area contributed by atoms with Gasteiger partial charge in [0.05, 0.1) is 42.2 Å². The highest BCUT2D eigenvalue weighted by Gasteiger charge is 2.44. The molecule has 0 aliphatic carbocycles. The minimum atomic E-state index is -1.33. The van der Waals surface area contributed by atoms with Crippen molar-refractivity contribution in [3.05, 3.63) is 75.3 Å². The number of benzene rings is 2. The second kappa shape index (κ2) is 11.6. The number of thioether (sulfide) groups is 1. The number of nitrogens with zero attached hydrogens (tertiary/aromatic N) is 1. The molecule has 0 unspecified atom stereocenters. The van der Waals surface area contributed by atoms with Crippen molar-refractivity contribution < 1.29 is 28.7 Å². The Kier molecular flexibility index (Phi) is 8.52. The summed E-state index contributed by atoms with van der Waals surface area (Å²) in [6.07, 6.45) is 0. The molecule has 2 amide bonds. The Morgan fingerprint density at radius 1 is 1.14 bits per heavy atom. The number of hydrogen-bond acceptors (Lipinski definition) is 8. The fourth-order valence-electron chi connectivity index (χ4n) is 3.53. The average Bonchev–Trinajstić information content (AvgIpc) is 2.86. The standard InChI is InChI=1S/C24H20ClN3O6S/c1-33-23(31)14-8-6-13(7-9-14)19-17(11-26)22(28-21(30)20(19)24(32)34-2)35-12-18(29)27-16-5-3-4-15(25)10-16/h3-10,19-20H,12H2,1-2H3,(H,27,29)(H,28,30)/t19-,20+/m0/s1. The van der Waals surface area contributed by atoms with E-state index < -0.39 is 29.7 Å². The number of nitrogens with one attached hydrogen (secondary N) is 2.